The third kappa shape index (κ3) is 3.52. The Labute approximate surface area is 153 Å². The van der Waals surface area contributed by atoms with Crippen molar-refractivity contribution >= 4 is 62.3 Å². The number of nitrogens with zero attached hydrogens (tertiary/aromatic N) is 2. The molecule has 5 heteroatoms. The number of allylic oxidation sites excluding steroid dienone is 1. The van der Waals surface area contributed by atoms with Crippen LogP contribution < -0.4 is 0 Å². The van der Waals surface area contributed by atoms with Gasteiger partial charge in [-0.05, 0) is 36.4 Å². The van der Waals surface area contributed by atoms with Crippen molar-refractivity contribution in [3.63, 3.8) is 0 Å². The fraction of sp³-hybridized carbons (Fsp3) is 0.0556. The van der Waals surface area contributed by atoms with Gasteiger partial charge in [0.2, 0.25) is 0 Å². The second-order valence-corrected chi connectivity index (χ2v) is 6.97. The molecule has 1 heterocycles. The largest absolute Gasteiger partial charge is 0.319 e. The number of rotatable bonds is 4. The number of imidazole rings is 1. The summed E-state index contributed by atoms with van der Waals surface area (Å²) < 4.78 is 2.97. The van der Waals surface area contributed by atoms with Gasteiger partial charge >= 0.3 is 0 Å². The standard InChI is InChI=1S/C18H13BrCl2N2/c1-12(19)11-23-17-8-3-2-7-16(17)22-18(23)10-9-13-14(20)5-4-6-15(13)21/h2-10H,1,11H2/b10-9+. The number of para-hydroxylation sites is 2. The van der Waals surface area contributed by atoms with Crippen LogP contribution in [0.15, 0.2) is 53.5 Å². The molecule has 0 amide bonds. The van der Waals surface area contributed by atoms with Crippen LogP contribution in [-0.4, -0.2) is 9.55 Å². The summed E-state index contributed by atoms with van der Waals surface area (Å²) in [5.41, 5.74) is 2.77. The van der Waals surface area contributed by atoms with Crippen molar-refractivity contribution in [1.82, 2.24) is 9.55 Å². The molecule has 0 saturated heterocycles. The maximum atomic E-state index is 6.21. The van der Waals surface area contributed by atoms with Crippen molar-refractivity contribution in [2.24, 2.45) is 0 Å². The second kappa shape index (κ2) is 6.91. The van der Waals surface area contributed by atoms with Gasteiger partial charge in [0.15, 0.2) is 0 Å². The Balaban J connectivity index is 2.09. The molecule has 116 valence electrons. The molecule has 0 unspecified atom stereocenters. The van der Waals surface area contributed by atoms with Gasteiger partial charge in [0, 0.05) is 20.1 Å². The van der Waals surface area contributed by atoms with Crippen LogP contribution in [0.1, 0.15) is 11.4 Å². The van der Waals surface area contributed by atoms with Gasteiger partial charge in [-0.15, -0.1) is 0 Å². The quantitative estimate of drug-likeness (QED) is 0.487. The first-order chi connectivity index (χ1) is 11.1. The Morgan fingerprint density at radius 2 is 1.78 bits per heavy atom. The molecule has 2 aromatic carbocycles. The van der Waals surface area contributed by atoms with E-state index in [9.17, 15) is 0 Å². The van der Waals surface area contributed by atoms with E-state index in [1.54, 1.807) is 0 Å². The normalized spacial score (nSPS) is 11.4. The Bertz CT molecular complexity index is 892. The molecule has 23 heavy (non-hydrogen) atoms. The summed E-state index contributed by atoms with van der Waals surface area (Å²) in [5, 5.41) is 1.22. The molecule has 0 fully saturated rings. The zero-order valence-corrected chi connectivity index (χ0v) is 15.2. The van der Waals surface area contributed by atoms with E-state index in [1.807, 2.05) is 54.6 Å². The van der Waals surface area contributed by atoms with Gasteiger partial charge in [0.1, 0.15) is 5.82 Å². The first-order valence-corrected chi connectivity index (χ1v) is 8.52. The lowest BCUT2D eigenvalue weighted by Crippen LogP contribution is -1.99. The van der Waals surface area contributed by atoms with Crippen molar-refractivity contribution in [2.45, 2.75) is 6.54 Å². The molecule has 2 nitrogen and oxygen atoms in total. The molecule has 0 N–H and O–H groups in total. The fourth-order valence-electron chi connectivity index (χ4n) is 2.39. The summed E-state index contributed by atoms with van der Waals surface area (Å²) in [6.45, 7) is 4.56. The van der Waals surface area contributed by atoms with Gasteiger partial charge in [0.05, 0.1) is 17.6 Å². The van der Waals surface area contributed by atoms with E-state index in [0.29, 0.717) is 16.6 Å². The summed E-state index contributed by atoms with van der Waals surface area (Å²) in [6.07, 6.45) is 3.81. The Morgan fingerprint density at radius 1 is 1.09 bits per heavy atom. The SMILES string of the molecule is C=C(Br)Cn1c(/C=C/c2c(Cl)cccc2Cl)nc2ccccc21. The zero-order chi connectivity index (χ0) is 16.4. The summed E-state index contributed by atoms with van der Waals surface area (Å²) in [6, 6.07) is 13.5. The second-order valence-electron chi connectivity index (χ2n) is 5.03. The molecule has 0 bridgehead atoms. The van der Waals surface area contributed by atoms with E-state index in [-0.39, 0.29) is 0 Å². The van der Waals surface area contributed by atoms with Crippen molar-refractivity contribution in [3.05, 3.63) is 75.0 Å². The minimum atomic E-state index is 0.612. The summed E-state index contributed by atoms with van der Waals surface area (Å²) in [7, 11) is 0. The number of aromatic nitrogens is 2. The summed E-state index contributed by atoms with van der Waals surface area (Å²) >= 11 is 15.9. The van der Waals surface area contributed by atoms with Gasteiger partial charge in [-0.3, -0.25) is 0 Å². The first-order valence-electron chi connectivity index (χ1n) is 6.97. The molecule has 0 aliphatic carbocycles. The van der Waals surface area contributed by atoms with Crippen molar-refractivity contribution in [1.29, 1.82) is 0 Å². The monoisotopic (exact) mass is 406 g/mol. The van der Waals surface area contributed by atoms with Crippen LogP contribution in [0.25, 0.3) is 23.2 Å². The predicted octanol–water partition coefficient (Wildman–Crippen LogP) is 6.42. The van der Waals surface area contributed by atoms with E-state index in [2.05, 4.69) is 32.1 Å². The molecule has 0 radical (unpaired) electrons. The van der Waals surface area contributed by atoms with Crippen molar-refractivity contribution in [3.8, 4) is 0 Å². The summed E-state index contributed by atoms with van der Waals surface area (Å²) in [5.74, 6) is 0.822. The molecule has 1 aromatic heterocycles. The molecule has 0 spiro atoms. The minimum Gasteiger partial charge on any atom is -0.319 e. The lowest BCUT2D eigenvalue weighted by atomic mass is 10.2. The van der Waals surface area contributed by atoms with Crippen LogP contribution in [0.2, 0.25) is 10.0 Å². The van der Waals surface area contributed by atoms with E-state index in [0.717, 1.165) is 26.9 Å². The van der Waals surface area contributed by atoms with Crippen LogP contribution in [0, 0.1) is 0 Å². The zero-order valence-electron chi connectivity index (χ0n) is 12.1. The van der Waals surface area contributed by atoms with E-state index in [4.69, 9.17) is 23.2 Å². The van der Waals surface area contributed by atoms with E-state index in [1.165, 1.54) is 0 Å². The van der Waals surface area contributed by atoms with Crippen LogP contribution >= 0.6 is 39.1 Å². The van der Waals surface area contributed by atoms with Crippen LogP contribution in [0.3, 0.4) is 0 Å². The van der Waals surface area contributed by atoms with Gasteiger partial charge in [-0.2, -0.15) is 0 Å². The summed E-state index contributed by atoms with van der Waals surface area (Å²) in [4.78, 5) is 4.67. The molecule has 0 aliphatic rings. The van der Waals surface area contributed by atoms with E-state index >= 15 is 0 Å². The van der Waals surface area contributed by atoms with Gasteiger partial charge in [-0.25, -0.2) is 4.98 Å². The highest BCUT2D eigenvalue weighted by Gasteiger charge is 2.09. The maximum Gasteiger partial charge on any atom is 0.134 e. The van der Waals surface area contributed by atoms with Crippen molar-refractivity contribution in [2.75, 3.05) is 0 Å². The van der Waals surface area contributed by atoms with Gasteiger partial charge in [-0.1, -0.05) is 63.9 Å². The average Bonchev–Trinajstić information content (AvgIpc) is 2.84. The van der Waals surface area contributed by atoms with Crippen LogP contribution in [-0.2, 0) is 6.54 Å². The number of benzene rings is 2. The Hall–Kier alpha value is -1.55. The van der Waals surface area contributed by atoms with E-state index < -0.39 is 0 Å². The molecule has 3 aromatic rings. The highest BCUT2D eigenvalue weighted by Crippen LogP contribution is 2.27. The minimum absolute atomic E-state index is 0.612. The Kier molecular flexibility index (Phi) is 4.90. The topological polar surface area (TPSA) is 17.8 Å². The molecular weight excluding hydrogens is 395 g/mol. The van der Waals surface area contributed by atoms with Gasteiger partial charge < -0.3 is 4.57 Å². The average molecular weight is 408 g/mol. The molecular formula is C18H13BrCl2N2. The highest BCUT2D eigenvalue weighted by atomic mass is 79.9. The number of halogens is 3. The lowest BCUT2D eigenvalue weighted by Gasteiger charge is -2.06. The van der Waals surface area contributed by atoms with Gasteiger partial charge in [0.25, 0.3) is 0 Å². The molecule has 0 aliphatic heterocycles. The third-order valence-electron chi connectivity index (χ3n) is 3.41. The number of hydrogen-bond donors (Lipinski definition) is 0. The van der Waals surface area contributed by atoms with Crippen LogP contribution in [0.4, 0.5) is 0 Å². The molecule has 0 atom stereocenters. The van der Waals surface area contributed by atoms with Crippen molar-refractivity contribution < 1.29 is 0 Å². The first kappa shape index (κ1) is 16.3. The lowest BCUT2D eigenvalue weighted by molar-refractivity contribution is 0.833. The third-order valence-corrected chi connectivity index (χ3v) is 4.32. The molecule has 0 saturated carbocycles. The maximum absolute atomic E-state index is 6.21. The number of fused-ring (bicyclic) bond motifs is 1. The number of hydrogen-bond acceptors (Lipinski definition) is 1. The molecule has 3 rings (SSSR count). The van der Waals surface area contributed by atoms with Crippen LogP contribution in [0.5, 0.6) is 0 Å². The fourth-order valence-corrected chi connectivity index (χ4v) is 3.16. The predicted molar refractivity (Wildman–Crippen MR) is 103 cm³/mol. The Morgan fingerprint density at radius 3 is 2.48 bits per heavy atom. The highest BCUT2D eigenvalue weighted by molar-refractivity contribution is 9.11. The smallest absolute Gasteiger partial charge is 0.134 e.